The molecule has 1 aliphatic carbocycles. The minimum Gasteiger partial charge on any atom is -0.481 e. The Morgan fingerprint density at radius 1 is 1.14 bits per heavy atom. The third-order valence-electron chi connectivity index (χ3n) is 6.21. The normalized spacial score (nSPS) is 17.3. The van der Waals surface area contributed by atoms with E-state index in [2.05, 4.69) is 5.10 Å². The van der Waals surface area contributed by atoms with Gasteiger partial charge in [-0.05, 0) is 58.2 Å². The highest BCUT2D eigenvalue weighted by Crippen LogP contribution is 2.39. The molecule has 14 heteroatoms. The SMILES string of the molecule is CN([C@@H]1CCCc2c1cnn2CCC(=O)O)S(=O)(=O)c1cc(C(F)(F)F)cc(S(=O)(=O)C(C)(C)C)c1. The fraction of sp³-hybridized carbons (Fsp3) is 0.545. The molecule has 2 aromatic rings. The van der Waals surface area contributed by atoms with E-state index < -0.39 is 58.1 Å². The van der Waals surface area contributed by atoms with Gasteiger partial charge in [-0.25, -0.2) is 16.8 Å². The smallest absolute Gasteiger partial charge is 0.416 e. The highest BCUT2D eigenvalue weighted by Gasteiger charge is 2.40. The summed E-state index contributed by atoms with van der Waals surface area (Å²) in [5.41, 5.74) is -0.188. The van der Waals surface area contributed by atoms with Crippen molar-refractivity contribution in [3.05, 3.63) is 41.2 Å². The van der Waals surface area contributed by atoms with E-state index in [-0.39, 0.29) is 13.0 Å². The zero-order valence-corrected chi connectivity index (χ0v) is 21.8. The van der Waals surface area contributed by atoms with Gasteiger partial charge in [0.2, 0.25) is 10.0 Å². The molecule has 1 N–H and O–H groups in total. The zero-order valence-electron chi connectivity index (χ0n) is 20.2. The topological polar surface area (TPSA) is 127 Å². The largest absolute Gasteiger partial charge is 0.481 e. The first-order chi connectivity index (χ1) is 16.4. The fourth-order valence-corrected chi connectivity index (χ4v) is 6.88. The summed E-state index contributed by atoms with van der Waals surface area (Å²) < 4.78 is 94.8. The van der Waals surface area contributed by atoms with Crippen molar-refractivity contribution in [2.45, 2.75) is 79.8 Å². The van der Waals surface area contributed by atoms with Gasteiger partial charge in [0.05, 0.1) is 45.3 Å². The molecule has 200 valence electrons. The lowest BCUT2D eigenvalue weighted by atomic mass is 9.93. The monoisotopic (exact) mass is 551 g/mol. The van der Waals surface area contributed by atoms with Crippen LogP contribution in [0.1, 0.15) is 62.9 Å². The summed E-state index contributed by atoms with van der Waals surface area (Å²) in [6, 6.07) is 0.884. The number of carbonyl (C=O) groups is 1. The number of aliphatic carboxylic acids is 1. The van der Waals surface area contributed by atoms with Crippen molar-refractivity contribution in [2.24, 2.45) is 0 Å². The average Bonchev–Trinajstić information content (AvgIpc) is 3.18. The number of fused-ring (bicyclic) bond motifs is 1. The van der Waals surface area contributed by atoms with Crippen molar-refractivity contribution < 1.29 is 39.9 Å². The first-order valence-electron chi connectivity index (χ1n) is 11.1. The van der Waals surface area contributed by atoms with Gasteiger partial charge in [0.25, 0.3) is 0 Å². The molecule has 0 amide bonds. The summed E-state index contributed by atoms with van der Waals surface area (Å²) in [4.78, 5) is 9.41. The van der Waals surface area contributed by atoms with Crippen LogP contribution >= 0.6 is 0 Å². The predicted octanol–water partition coefficient (Wildman–Crippen LogP) is 3.65. The molecule has 1 aliphatic rings. The number of benzene rings is 1. The number of aromatic nitrogens is 2. The Morgan fingerprint density at radius 2 is 1.75 bits per heavy atom. The molecule has 0 aliphatic heterocycles. The maximum Gasteiger partial charge on any atom is 0.416 e. The number of sulfonamides is 1. The van der Waals surface area contributed by atoms with Gasteiger partial charge >= 0.3 is 12.1 Å². The van der Waals surface area contributed by atoms with Crippen molar-refractivity contribution in [3.8, 4) is 0 Å². The van der Waals surface area contributed by atoms with Crippen molar-refractivity contribution in [1.29, 1.82) is 0 Å². The van der Waals surface area contributed by atoms with Crippen LogP contribution in [0.2, 0.25) is 0 Å². The van der Waals surface area contributed by atoms with Crippen LogP contribution in [0.25, 0.3) is 0 Å². The number of halogens is 3. The molecule has 3 rings (SSSR count). The van der Waals surface area contributed by atoms with Crippen molar-refractivity contribution >= 4 is 25.8 Å². The van der Waals surface area contributed by atoms with Crippen LogP contribution in [-0.4, -0.2) is 53.8 Å². The molecule has 1 heterocycles. The van der Waals surface area contributed by atoms with E-state index in [1.54, 1.807) is 0 Å². The van der Waals surface area contributed by atoms with Crippen LogP contribution in [0.15, 0.2) is 34.2 Å². The van der Waals surface area contributed by atoms with Crippen LogP contribution in [0.3, 0.4) is 0 Å². The molecule has 0 saturated carbocycles. The molecule has 1 atom stereocenters. The summed E-state index contributed by atoms with van der Waals surface area (Å²) >= 11 is 0. The Bertz CT molecular complexity index is 1380. The van der Waals surface area contributed by atoms with Gasteiger partial charge < -0.3 is 5.11 Å². The number of carboxylic acid groups (broad SMARTS) is 1. The second-order valence-corrected chi connectivity index (χ2v) is 14.3. The van der Waals surface area contributed by atoms with Gasteiger partial charge in [0, 0.05) is 18.3 Å². The Kier molecular flexibility index (Phi) is 7.38. The van der Waals surface area contributed by atoms with Gasteiger partial charge in [0.15, 0.2) is 9.84 Å². The molecule has 36 heavy (non-hydrogen) atoms. The summed E-state index contributed by atoms with van der Waals surface area (Å²) in [6.07, 6.45) is -2.27. The Labute approximate surface area is 207 Å². The van der Waals surface area contributed by atoms with Gasteiger partial charge in [-0.3, -0.25) is 9.48 Å². The first kappa shape index (κ1) is 28.1. The number of rotatable bonds is 7. The molecular formula is C22H28F3N3O6S2. The molecule has 9 nitrogen and oxygen atoms in total. The second-order valence-electron chi connectivity index (χ2n) is 9.65. The molecule has 1 aromatic carbocycles. The lowest BCUT2D eigenvalue weighted by Gasteiger charge is -2.31. The molecule has 0 fully saturated rings. The third kappa shape index (κ3) is 5.30. The highest BCUT2D eigenvalue weighted by atomic mass is 32.2. The number of alkyl halides is 3. The van der Waals surface area contributed by atoms with Gasteiger partial charge in [0.1, 0.15) is 0 Å². The second kappa shape index (κ2) is 9.45. The zero-order chi connectivity index (χ0) is 27.3. The van der Waals surface area contributed by atoms with Crippen LogP contribution in [0.5, 0.6) is 0 Å². The molecule has 0 unspecified atom stereocenters. The van der Waals surface area contributed by atoms with E-state index in [1.807, 2.05) is 0 Å². The molecular weight excluding hydrogens is 523 g/mol. The van der Waals surface area contributed by atoms with Gasteiger partial charge in [-0.15, -0.1) is 0 Å². The quantitative estimate of drug-likeness (QED) is 0.557. The number of aryl methyl sites for hydroxylation is 1. The van der Waals surface area contributed by atoms with Crippen molar-refractivity contribution in [1.82, 2.24) is 14.1 Å². The number of sulfone groups is 1. The van der Waals surface area contributed by atoms with Gasteiger partial charge in [-0.2, -0.15) is 22.6 Å². The molecule has 0 spiro atoms. The first-order valence-corrected chi connectivity index (χ1v) is 14.0. The standard InChI is InChI=1S/C22H28F3N3O6S2/c1-21(2,3)35(31,32)15-10-14(22(23,24)25)11-16(12-15)36(33,34)27(4)18-6-5-7-19-17(18)13-26-28(19)9-8-20(29)30/h10-13,18H,5-9H2,1-4H3,(H,29,30)/t18-/m1/s1. The maximum absolute atomic E-state index is 13.6. The van der Waals surface area contributed by atoms with E-state index >= 15 is 0 Å². The van der Waals surface area contributed by atoms with Crippen LogP contribution in [0, 0.1) is 0 Å². The number of carboxylic acids is 1. The number of nitrogens with zero attached hydrogens (tertiary/aromatic N) is 3. The Morgan fingerprint density at radius 3 is 2.31 bits per heavy atom. The summed E-state index contributed by atoms with van der Waals surface area (Å²) in [5.74, 6) is -1.02. The minimum absolute atomic E-state index is 0.0928. The Balaban J connectivity index is 2.09. The van der Waals surface area contributed by atoms with Crippen LogP contribution in [0.4, 0.5) is 13.2 Å². The van der Waals surface area contributed by atoms with Gasteiger partial charge in [-0.1, -0.05) is 0 Å². The van der Waals surface area contributed by atoms with Crippen molar-refractivity contribution in [3.63, 3.8) is 0 Å². The molecule has 0 radical (unpaired) electrons. The lowest BCUT2D eigenvalue weighted by Crippen LogP contribution is -2.34. The molecule has 0 saturated heterocycles. The molecule has 1 aromatic heterocycles. The van der Waals surface area contributed by atoms with E-state index in [0.717, 1.165) is 10.4 Å². The lowest BCUT2D eigenvalue weighted by molar-refractivity contribution is -0.138. The summed E-state index contributed by atoms with van der Waals surface area (Å²) in [7, 11) is -7.64. The summed E-state index contributed by atoms with van der Waals surface area (Å²) in [6.45, 7) is 4.03. The maximum atomic E-state index is 13.6. The van der Waals surface area contributed by atoms with E-state index in [9.17, 15) is 34.8 Å². The number of hydrogen-bond acceptors (Lipinski definition) is 6. The van der Waals surface area contributed by atoms with E-state index in [4.69, 9.17) is 5.11 Å². The highest BCUT2D eigenvalue weighted by molar-refractivity contribution is 7.93. The van der Waals surface area contributed by atoms with Crippen molar-refractivity contribution in [2.75, 3.05) is 7.05 Å². The fourth-order valence-electron chi connectivity index (χ4n) is 4.09. The average molecular weight is 552 g/mol. The van der Waals surface area contributed by atoms with Crippen LogP contribution in [-0.2, 0) is 43.8 Å². The number of hydrogen-bond donors (Lipinski definition) is 1. The minimum atomic E-state index is -4.98. The summed E-state index contributed by atoms with van der Waals surface area (Å²) in [5, 5.41) is 13.1. The van der Waals surface area contributed by atoms with Crippen LogP contribution < -0.4 is 0 Å². The predicted molar refractivity (Wildman–Crippen MR) is 123 cm³/mol. The third-order valence-corrected chi connectivity index (χ3v) is 10.5. The molecule has 0 bridgehead atoms. The van der Waals surface area contributed by atoms with E-state index in [1.165, 1.54) is 38.7 Å². The Hall–Kier alpha value is -2.45. The van der Waals surface area contributed by atoms with E-state index in [0.29, 0.717) is 42.7 Å².